The summed E-state index contributed by atoms with van der Waals surface area (Å²) in [6.07, 6.45) is 15.2. The number of ether oxygens (including phenoxy) is 1. The molecule has 4 nitrogen and oxygen atoms in total. The van der Waals surface area contributed by atoms with Crippen molar-refractivity contribution >= 4 is 11.9 Å². The summed E-state index contributed by atoms with van der Waals surface area (Å²) in [7, 11) is 0. The Bertz CT molecular complexity index is 313. The zero-order chi connectivity index (χ0) is 16.5. The van der Waals surface area contributed by atoms with Crippen LogP contribution in [0.2, 0.25) is 0 Å². The maximum Gasteiger partial charge on any atom is 0.330 e. The van der Waals surface area contributed by atoms with Gasteiger partial charge in [-0.15, -0.1) is 0 Å². The Morgan fingerprint density at radius 1 is 0.818 bits per heavy atom. The number of nitrogens with one attached hydrogen (secondary N) is 1. The Balaban J connectivity index is 3.32. The summed E-state index contributed by atoms with van der Waals surface area (Å²) >= 11 is 0. The molecule has 0 fully saturated rings. The molecule has 0 aliphatic carbocycles. The van der Waals surface area contributed by atoms with Gasteiger partial charge >= 0.3 is 5.97 Å². The van der Waals surface area contributed by atoms with Crippen LogP contribution in [-0.4, -0.2) is 25.0 Å². The molecule has 22 heavy (non-hydrogen) atoms. The molecule has 0 spiro atoms. The molecule has 1 amide bonds. The van der Waals surface area contributed by atoms with Crippen molar-refractivity contribution in [1.29, 1.82) is 0 Å². The minimum Gasteiger partial charge on any atom is -0.463 e. The average molecular weight is 311 g/mol. The Kier molecular flexibility index (Phi) is 15.1. The predicted octanol–water partition coefficient (Wildman–Crippen LogP) is 4.14. The van der Waals surface area contributed by atoms with Crippen molar-refractivity contribution < 1.29 is 14.3 Å². The molecule has 0 unspecified atom stereocenters. The maximum absolute atomic E-state index is 11.4. The molecule has 0 saturated carbocycles. The third kappa shape index (κ3) is 15.1. The summed E-state index contributed by atoms with van der Waals surface area (Å²) in [5.74, 6) is -0.708. The first-order chi connectivity index (χ1) is 10.7. The van der Waals surface area contributed by atoms with E-state index in [1.165, 1.54) is 57.4 Å². The molecule has 0 aromatic heterocycles. The zero-order valence-corrected chi connectivity index (χ0v) is 14.4. The van der Waals surface area contributed by atoms with Crippen molar-refractivity contribution in [3.05, 3.63) is 12.2 Å². The van der Waals surface area contributed by atoms with Crippen LogP contribution in [0.25, 0.3) is 0 Å². The van der Waals surface area contributed by atoms with Crippen molar-refractivity contribution in [3.63, 3.8) is 0 Å². The summed E-state index contributed by atoms with van der Waals surface area (Å²) in [5.41, 5.74) is 0. The van der Waals surface area contributed by atoms with E-state index >= 15 is 0 Å². The summed E-state index contributed by atoms with van der Waals surface area (Å²) in [6.45, 7) is 4.97. The normalized spacial score (nSPS) is 10.8. The molecule has 0 aliphatic rings. The van der Waals surface area contributed by atoms with Crippen LogP contribution in [0, 0.1) is 0 Å². The van der Waals surface area contributed by atoms with Gasteiger partial charge in [-0.05, 0) is 13.3 Å². The molecule has 0 saturated heterocycles. The Morgan fingerprint density at radius 3 is 1.91 bits per heavy atom. The van der Waals surface area contributed by atoms with Crippen molar-refractivity contribution in [3.8, 4) is 0 Å². The molecule has 0 heterocycles. The van der Waals surface area contributed by atoms with Gasteiger partial charge in [0.1, 0.15) is 0 Å². The topological polar surface area (TPSA) is 55.4 Å². The van der Waals surface area contributed by atoms with E-state index in [9.17, 15) is 9.59 Å². The number of rotatable bonds is 14. The summed E-state index contributed by atoms with van der Waals surface area (Å²) in [5, 5.41) is 2.77. The molecular weight excluding hydrogens is 278 g/mol. The number of hydrogen-bond donors (Lipinski definition) is 1. The molecule has 1 N–H and O–H groups in total. The first-order valence-electron chi connectivity index (χ1n) is 8.83. The van der Waals surface area contributed by atoms with Gasteiger partial charge in [-0.2, -0.15) is 0 Å². The quantitative estimate of drug-likeness (QED) is 0.298. The number of carbonyl (C=O) groups excluding carboxylic acids is 2. The monoisotopic (exact) mass is 311 g/mol. The molecule has 0 rings (SSSR count). The molecule has 0 aromatic rings. The van der Waals surface area contributed by atoms with Gasteiger partial charge in [-0.3, -0.25) is 4.79 Å². The van der Waals surface area contributed by atoms with Gasteiger partial charge in [-0.25, -0.2) is 4.79 Å². The van der Waals surface area contributed by atoms with Gasteiger partial charge in [0, 0.05) is 18.7 Å². The van der Waals surface area contributed by atoms with E-state index in [4.69, 9.17) is 4.74 Å². The van der Waals surface area contributed by atoms with Crippen LogP contribution in [0.15, 0.2) is 12.2 Å². The molecule has 0 aromatic carbocycles. The molecule has 4 heteroatoms. The van der Waals surface area contributed by atoms with Crippen molar-refractivity contribution in [2.45, 2.75) is 78.1 Å². The van der Waals surface area contributed by atoms with Crippen LogP contribution < -0.4 is 5.32 Å². The van der Waals surface area contributed by atoms with Gasteiger partial charge in [0.15, 0.2) is 0 Å². The predicted molar refractivity (Wildman–Crippen MR) is 90.6 cm³/mol. The number of unbranched alkanes of at least 4 members (excludes halogenated alkanes) is 9. The first kappa shape index (κ1) is 20.7. The van der Waals surface area contributed by atoms with Crippen LogP contribution in [0.4, 0.5) is 0 Å². The van der Waals surface area contributed by atoms with Crippen LogP contribution in [-0.2, 0) is 14.3 Å². The summed E-state index contributed by atoms with van der Waals surface area (Å²) in [6, 6.07) is 0. The molecule has 0 radical (unpaired) electrons. The lowest BCUT2D eigenvalue weighted by Gasteiger charge is -2.03. The Morgan fingerprint density at radius 2 is 1.36 bits per heavy atom. The highest BCUT2D eigenvalue weighted by atomic mass is 16.5. The fraction of sp³-hybridized carbons (Fsp3) is 0.778. The van der Waals surface area contributed by atoms with Gasteiger partial charge in [0.25, 0.3) is 0 Å². The lowest BCUT2D eigenvalue weighted by atomic mass is 10.1. The molecule has 128 valence electrons. The smallest absolute Gasteiger partial charge is 0.330 e. The first-order valence-corrected chi connectivity index (χ1v) is 8.83. The maximum atomic E-state index is 11.4. The highest BCUT2D eigenvalue weighted by molar-refractivity contribution is 5.94. The van der Waals surface area contributed by atoms with Crippen molar-refractivity contribution in [2.75, 3.05) is 13.2 Å². The van der Waals surface area contributed by atoms with E-state index < -0.39 is 5.97 Å². The van der Waals surface area contributed by atoms with E-state index in [0.717, 1.165) is 18.9 Å². The lowest BCUT2D eigenvalue weighted by Crippen LogP contribution is -2.22. The van der Waals surface area contributed by atoms with Crippen molar-refractivity contribution in [1.82, 2.24) is 5.32 Å². The third-order valence-corrected chi connectivity index (χ3v) is 3.49. The number of amides is 1. The van der Waals surface area contributed by atoms with Gasteiger partial charge in [0.05, 0.1) is 6.61 Å². The second-order valence-corrected chi connectivity index (χ2v) is 5.56. The highest BCUT2D eigenvalue weighted by Crippen LogP contribution is 2.10. The van der Waals surface area contributed by atoms with E-state index in [1.807, 2.05) is 0 Å². The van der Waals surface area contributed by atoms with E-state index in [0.29, 0.717) is 13.2 Å². The van der Waals surface area contributed by atoms with Gasteiger partial charge in [0.2, 0.25) is 5.91 Å². The lowest BCUT2D eigenvalue weighted by molar-refractivity contribution is -0.137. The van der Waals surface area contributed by atoms with E-state index in [1.54, 1.807) is 6.92 Å². The second-order valence-electron chi connectivity index (χ2n) is 5.56. The van der Waals surface area contributed by atoms with Gasteiger partial charge < -0.3 is 10.1 Å². The number of esters is 1. The van der Waals surface area contributed by atoms with E-state index in [-0.39, 0.29) is 5.91 Å². The minimum atomic E-state index is -0.475. The minimum absolute atomic E-state index is 0.232. The fourth-order valence-electron chi connectivity index (χ4n) is 2.22. The number of hydrogen-bond acceptors (Lipinski definition) is 3. The van der Waals surface area contributed by atoms with E-state index in [2.05, 4.69) is 12.2 Å². The zero-order valence-electron chi connectivity index (χ0n) is 14.4. The van der Waals surface area contributed by atoms with Crippen LogP contribution in [0.1, 0.15) is 78.1 Å². The molecule has 0 atom stereocenters. The highest BCUT2D eigenvalue weighted by Gasteiger charge is 1.98. The standard InChI is InChI=1S/C18H33NO3/c1-3-5-6-7-8-9-10-11-12-13-16-19-17(20)14-15-18(21)22-4-2/h14-15H,3-13,16H2,1-2H3,(H,19,20)/b15-14-. The Labute approximate surface area is 135 Å². The SMILES string of the molecule is CCCCCCCCCCCCNC(=O)/C=C\C(=O)OCC. The van der Waals surface area contributed by atoms with Crippen LogP contribution >= 0.6 is 0 Å². The molecule has 0 aliphatic heterocycles. The molecule has 0 bridgehead atoms. The average Bonchev–Trinajstić information content (AvgIpc) is 2.51. The fourth-order valence-corrected chi connectivity index (χ4v) is 2.22. The van der Waals surface area contributed by atoms with Gasteiger partial charge in [-0.1, -0.05) is 64.7 Å². The van der Waals surface area contributed by atoms with Crippen LogP contribution in [0.3, 0.4) is 0 Å². The largest absolute Gasteiger partial charge is 0.463 e. The third-order valence-electron chi connectivity index (χ3n) is 3.49. The van der Waals surface area contributed by atoms with Crippen LogP contribution in [0.5, 0.6) is 0 Å². The van der Waals surface area contributed by atoms with Crippen molar-refractivity contribution in [2.24, 2.45) is 0 Å². The summed E-state index contributed by atoms with van der Waals surface area (Å²) < 4.78 is 4.70. The Hall–Kier alpha value is -1.32. The second kappa shape index (κ2) is 16.1. The number of carbonyl (C=O) groups is 2. The molecular formula is C18H33NO3. The summed E-state index contributed by atoms with van der Waals surface area (Å²) in [4.78, 5) is 22.4.